The molecule has 1 amide bonds. The second-order valence-electron chi connectivity index (χ2n) is 5.56. The van der Waals surface area contributed by atoms with Crippen LogP contribution in [0.5, 0.6) is 0 Å². The molecule has 2 nitrogen and oxygen atoms in total. The van der Waals surface area contributed by atoms with Gasteiger partial charge in [0.1, 0.15) is 0 Å². The van der Waals surface area contributed by atoms with Gasteiger partial charge in [-0.2, -0.15) is 0 Å². The molecule has 1 atom stereocenters. The van der Waals surface area contributed by atoms with E-state index in [1.54, 1.807) is 6.08 Å². The number of amides is 1. The van der Waals surface area contributed by atoms with Crippen LogP contribution in [0, 0.1) is 13.8 Å². The number of benzene rings is 2. The molecule has 2 aromatic carbocycles. The zero-order valence-corrected chi connectivity index (χ0v) is 13.5. The van der Waals surface area contributed by atoms with Crippen molar-refractivity contribution in [3.05, 3.63) is 76.9 Å². The number of hydrogen-bond donors (Lipinski definition) is 1. The van der Waals surface area contributed by atoms with Gasteiger partial charge in [-0.05, 0) is 48.6 Å². The van der Waals surface area contributed by atoms with Crippen molar-refractivity contribution >= 4 is 12.0 Å². The molecule has 114 valence electrons. The van der Waals surface area contributed by atoms with Crippen LogP contribution in [-0.4, -0.2) is 5.91 Å². The minimum atomic E-state index is -0.0612. The van der Waals surface area contributed by atoms with E-state index < -0.39 is 0 Å². The summed E-state index contributed by atoms with van der Waals surface area (Å²) in [6.45, 7) is 6.28. The van der Waals surface area contributed by atoms with Crippen LogP contribution in [0.3, 0.4) is 0 Å². The molecular formula is C20H23NO. The average Bonchev–Trinajstić information content (AvgIpc) is 2.54. The smallest absolute Gasteiger partial charge is 0.244 e. The van der Waals surface area contributed by atoms with E-state index in [0.717, 1.165) is 17.5 Å². The second kappa shape index (κ2) is 7.60. The predicted octanol–water partition coefficient (Wildman–Crippen LogP) is 4.58. The highest BCUT2D eigenvalue weighted by atomic mass is 16.1. The van der Waals surface area contributed by atoms with E-state index in [1.165, 1.54) is 11.1 Å². The van der Waals surface area contributed by atoms with Crippen molar-refractivity contribution in [3.63, 3.8) is 0 Å². The molecule has 0 radical (unpaired) electrons. The molecule has 0 fully saturated rings. The maximum absolute atomic E-state index is 12.1. The lowest BCUT2D eigenvalue weighted by atomic mass is 9.99. The molecule has 0 aliphatic carbocycles. The summed E-state index contributed by atoms with van der Waals surface area (Å²) < 4.78 is 0. The summed E-state index contributed by atoms with van der Waals surface area (Å²) in [7, 11) is 0. The zero-order valence-electron chi connectivity index (χ0n) is 13.5. The fourth-order valence-corrected chi connectivity index (χ4v) is 2.36. The Balaban J connectivity index is 2.04. The first-order valence-electron chi connectivity index (χ1n) is 7.71. The highest BCUT2D eigenvalue weighted by Gasteiger charge is 2.11. The van der Waals surface area contributed by atoms with Crippen molar-refractivity contribution in [2.24, 2.45) is 0 Å². The van der Waals surface area contributed by atoms with Gasteiger partial charge in [-0.15, -0.1) is 0 Å². The van der Waals surface area contributed by atoms with Crippen LogP contribution < -0.4 is 5.32 Å². The lowest BCUT2D eigenvalue weighted by Gasteiger charge is -2.17. The summed E-state index contributed by atoms with van der Waals surface area (Å²) in [5, 5.41) is 3.07. The number of carbonyl (C=O) groups excluding carboxylic acids is 1. The normalized spacial score (nSPS) is 12.3. The van der Waals surface area contributed by atoms with Crippen LogP contribution in [0.15, 0.2) is 54.6 Å². The Hall–Kier alpha value is -2.35. The highest BCUT2D eigenvalue weighted by molar-refractivity contribution is 5.92. The van der Waals surface area contributed by atoms with E-state index in [2.05, 4.69) is 44.3 Å². The van der Waals surface area contributed by atoms with E-state index in [4.69, 9.17) is 0 Å². The molecule has 2 heteroatoms. The summed E-state index contributed by atoms with van der Waals surface area (Å²) in [6, 6.07) is 16.2. The fraction of sp³-hybridized carbons (Fsp3) is 0.250. The Bertz CT molecular complexity index is 659. The van der Waals surface area contributed by atoms with E-state index in [0.29, 0.717) is 0 Å². The fourth-order valence-electron chi connectivity index (χ4n) is 2.36. The number of rotatable bonds is 5. The standard InChI is InChI=1S/C20H23NO/c1-4-19(18-12-10-15(2)16(3)14-18)21-20(22)13-11-17-8-6-5-7-9-17/h5-14,19H,4H2,1-3H3,(H,21,22)/b13-11+/t19-/m0/s1. The van der Waals surface area contributed by atoms with Gasteiger partial charge in [0.15, 0.2) is 0 Å². The van der Waals surface area contributed by atoms with Crippen LogP contribution in [0.4, 0.5) is 0 Å². The number of hydrogen-bond acceptors (Lipinski definition) is 1. The molecule has 0 bridgehead atoms. The highest BCUT2D eigenvalue weighted by Crippen LogP contribution is 2.19. The van der Waals surface area contributed by atoms with Gasteiger partial charge in [0, 0.05) is 6.08 Å². The first kappa shape index (κ1) is 16.0. The van der Waals surface area contributed by atoms with Gasteiger partial charge in [0.05, 0.1) is 6.04 Å². The van der Waals surface area contributed by atoms with Crippen LogP contribution >= 0.6 is 0 Å². The van der Waals surface area contributed by atoms with Gasteiger partial charge in [-0.1, -0.05) is 55.5 Å². The minimum Gasteiger partial charge on any atom is -0.346 e. The molecule has 0 aromatic heterocycles. The van der Waals surface area contributed by atoms with E-state index in [1.807, 2.05) is 36.4 Å². The molecule has 0 unspecified atom stereocenters. The Kier molecular flexibility index (Phi) is 5.54. The summed E-state index contributed by atoms with van der Waals surface area (Å²) >= 11 is 0. The minimum absolute atomic E-state index is 0.0484. The first-order chi connectivity index (χ1) is 10.6. The third-order valence-corrected chi connectivity index (χ3v) is 3.88. The van der Waals surface area contributed by atoms with Crippen molar-refractivity contribution in [1.29, 1.82) is 0 Å². The number of aryl methyl sites for hydroxylation is 2. The first-order valence-corrected chi connectivity index (χ1v) is 7.71. The summed E-state index contributed by atoms with van der Waals surface area (Å²) in [5.41, 5.74) is 4.71. The Morgan fingerprint density at radius 3 is 2.45 bits per heavy atom. The van der Waals surface area contributed by atoms with Gasteiger partial charge in [0.25, 0.3) is 0 Å². The molecular weight excluding hydrogens is 270 g/mol. The molecule has 1 N–H and O–H groups in total. The Labute approximate surface area is 132 Å². The average molecular weight is 293 g/mol. The van der Waals surface area contributed by atoms with Crippen molar-refractivity contribution in [1.82, 2.24) is 5.32 Å². The van der Waals surface area contributed by atoms with Gasteiger partial charge in [-0.3, -0.25) is 4.79 Å². The Morgan fingerprint density at radius 1 is 1.09 bits per heavy atom. The Morgan fingerprint density at radius 2 is 1.82 bits per heavy atom. The third-order valence-electron chi connectivity index (χ3n) is 3.88. The van der Waals surface area contributed by atoms with Gasteiger partial charge in [0.2, 0.25) is 5.91 Å². The third kappa shape index (κ3) is 4.32. The largest absolute Gasteiger partial charge is 0.346 e. The molecule has 0 aliphatic heterocycles. The molecule has 2 rings (SSSR count). The molecule has 0 saturated heterocycles. The SMILES string of the molecule is CC[C@H](NC(=O)/C=C/c1ccccc1)c1ccc(C)c(C)c1. The van der Waals surface area contributed by atoms with Crippen LogP contribution in [0.1, 0.15) is 41.6 Å². The maximum Gasteiger partial charge on any atom is 0.244 e. The lowest BCUT2D eigenvalue weighted by Crippen LogP contribution is -2.26. The number of carbonyl (C=O) groups is 1. The van der Waals surface area contributed by atoms with Crippen LogP contribution in [0.2, 0.25) is 0 Å². The molecule has 0 aliphatic rings. The summed E-state index contributed by atoms with van der Waals surface area (Å²) in [6.07, 6.45) is 4.30. The molecule has 0 heterocycles. The monoisotopic (exact) mass is 293 g/mol. The lowest BCUT2D eigenvalue weighted by molar-refractivity contribution is -0.117. The van der Waals surface area contributed by atoms with Gasteiger partial charge in [-0.25, -0.2) is 0 Å². The van der Waals surface area contributed by atoms with E-state index in [9.17, 15) is 4.79 Å². The van der Waals surface area contributed by atoms with Crippen LogP contribution in [-0.2, 0) is 4.79 Å². The maximum atomic E-state index is 12.1. The van der Waals surface area contributed by atoms with Crippen molar-refractivity contribution in [2.75, 3.05) is 0 Å². The summed E-state index contributed by atoms with van der Waals surface area (Å²) in [4.78, 5) is 12.1. The van der Waals surface area contributed by atoms with Crippen molar-refractivity contribution in [3.8, 4) is 0 Å². The van der Waals surface area contributed by atoms with Crippen molar-refractivity contribution < 1.29 is 4.79 Å². The van der Waals surface area contributed by atoms with Gasteiger partial charge < -0.3 is 5.32 Å². The topological polar surface area (TPSA) is 29.1 Å². The van der Waals surface area contributed by atoms with Crippen LogP contribution in [0.25, 0.3) is 6.08 Å². The van der Waals surface area contributed by atoms with E-state index in [-0.39, 0.29) is 11.9 Å². The molecule has 22 heavy (non-hydrogen) atoms. The van der Waals surface area contributed by atoms with E-state index >= 15 is 0 Å². The zero-order chi connectivity index (χ0) is 15.9. The molecule has 0 spiro atoms. The van der Waals surface area contributed by atoms with Crippen molar-refractivity contribution in [2.45, 2.75) is 33.2 Å². The molecule has 0 saturated carbocycles. The molecule has 2 aromatic rings. The predicted molar refractivity (Wildman–Crippen MR) is 92.6 cm³/mol. The quantitative estimate of drug-likeness (QED) is 0.803. The summed E-state index contributed by atoms with van der Waals surface area (Å²) in [5.74, 6) is -0.0612. The second-order valence-corrected chi connectivity index (χ2v) is 5.56. The number of nitrogens with one attached hydrogen (secondary N) is 1. The van der Waals surface area contributed by atoms with Gasteiger partial charge >= 0.3 is 0 Å².